The Bertz CT molecular complexity index is 2950. The van der Waals surface area contributed by atoms with Crippen LogP contribution in [0.25, 0.3) is 11.0 Å². The standard InChI is InChI=1S/C51H60FN9O9S/c1-31(2)37-7-5-6-8-38(37)43-30-69-35(13-18-53)29-60(43)34-24-51(25-34)16-19-59(20-17-51)33-9-10-39(44(21-33)70-45-23-40-41(52)28-56-46(40)57-49(45)68-4)48(62)58-71(66,67)36-22-42(61(64)65)47(55-27-36)54-26-32-11-14-50(3,63)15-12-32/h5-10,21-23,27-28,31-32,34-35,43,63H,11-17,19-20,24-26,29-30H2,1-4H3,(H,54,55)(H,56,57)(H,58,62)/t32?,35-,43+,50?/m1/s1. The van der Waals surface area contributed by atoms with Gasteiger partial charge in [-0.2, -0.15) is 10.2 Å². The first-order valence-corrected chi connectivity index (χ1v) is 25.7. The largest absolute Gasteiger partial charge is 0.478 e. The number of nitrogens with one attached hydrogen (secondary N) is 3. The molecular weight excluding hydrogens is 934 g/mol. The summed E-state index contributed by atoms with van der Waals surface area (Å²) in [7, 11) is -3.39. The van der Waals surface area contributed by atoms with Gasteiger partial charge in [-0.1, -0.05) is 38.1 Å². The lowest BCUT2D eigenvalue weighted by Gasteiger charge is -2.58. The Morgan fingerprint density at radius 2 is 1.86 bits per heavy atom. The van der Waals surface area contributed by atoms with Gasteiger partial charge >= 0.3 is 5.69 Å². The highest BCUT2D eigenvalue weighted by Gasteiger charge is 2.50. The molecule has 2 saturated carbocycles. The number of aliphatic hydroxyl groups is 1. The van der Waals surface area contributed by atoms with Crippen molar-refractivity contribution in [3.8, 4) is 23.4 Å². The van der Waals surface area contributed by atoms with Crippen LogP contribution in [0.5, 0.6) is 17.4 Å². The number of nitro groups is 1. The molecule has 2 aromatic carbocycles. The van der Waals surface area contributed by atoms with E-state index >= 15 is 0 Å². The molecule has 2 saturated heterocycles. The molecule has 5 aromatic rings. The van der Waals surface area contributed by atoms with Crippen molar-refractivity contribution in [2.45, 2.75) is 113 Å². The minimum atomic E-state index is -4.75. The van der Waals surface area contributed by atoms with Crippen molar-refractivity contribution >= 4 is 44.2 Å². The molecule has 4 N–H and O–H groups in total. The molecule has 1 amide bonds. The van der Waals surface area contributed by atoms with Crippen LogP contribution < -0.4 is 24.4 Å². The first-order chi connectivity index (χ1) is 33.9. The van der Waals surface area contributed by atoms with Gasteiger partial charge in [-0.15, -0.1) is 0 Å². The van der Waals surface area contributed by atoms with Crippen LogP contribution in [-0.4, -0.2) is 102 Å². The lowest BCUT2D eigenvalue weighted by molar-refractivity contribution is -0.384. The number of aromatic amines is 1. The molecule has 4 fully saturated rings. The van der Waals surface area contributed by atoms with Gasteiger partial charge in [0.1, 0.15) is 22.1 Å². The quantitative estimate of drug-likeness (QED) is 0.0568. The van der Waals surface area contributed by atoms with E-state index in [1.165, 1.54) is 30.4 Å². The van der Waals surface area contributed by atoms with Crippen LogP contribution in [-0.2, 0) is 14.8 Å². The summed E-state index contributed by atoms with van der Waals surface area (Å²) in [5.41, 5.74) is 2.05. The topological polar surface area (TPSA) is 238 Å². The van der Waals surface area contributed by atoms with E-state index in [0.29, 0.717) is 82.5 Å². The van der Waals surface area contributed by atoms with Gasteiger partial charge in [-0.05, 0) is 98.8 Å². The Hall–Kier alpha value is -6.40. The van der Waals surface area contributed by atoms with Gasteiger partial charge in [0.05, 0.1) is 66.0 Å². The van der Waals surface area contributed by atoms with Crippen LogP contribution in [0.4, 0.5) is 21.6 Å². The molecule has 2 atom stereocenters. The Morgan fingerprint density at radius 1 is 1.11 bits per heavy atom. The van der Waals surface area contributed by atoms with Gasteiger partial charge in [0.15, 0.2) is 5.75 Å². The molecule has 2 aliphatic carbocycles. The number of pyridine rings is 2. The Morgan fingerprint density at radius 3 is 2.56 bits per heavy atom. The number of aromatic nitrogens is 3. The average molecular weight is 994 g/mol. The van der Waals surface area contributed by atoms with E-state index in [2.05, 4.69) is 74.3 Å². The number of carbonyl (C=O) groups is 1. The Kier molecular flexibility index (Phi) is 14.0. The number of morpholine rings is 1. The highest BCUT2D eigenvalue weighted by atomic mass is 32.2. The number of rotatable bonds is 15. The summed E-state index contributed by atoms with van der Waals surface area (Å²) in [5, 5.41) is 35.1. The monoisotopic (exact) mass is 993 g/mol. The number of sulfonamides is 1. The summed E-state index contributed by atoms with van der Waals surface area (Å²) in [6, 6.07) is 18.3. The van der Waals surface area contributed by atoms with Crippen LogP contribution in [0.15, 0.2) is 71.9 Å². The predicted molar refractivity (Wildman–Crippen MR) is 263 cm³/mol. The molecule has 2 aliphatic heterocycles. The summed E-state index contributed by atoms with van der Waals surface area (Å²) in [6.45, 7) is 9.14. The Balaban J connectivity index is 0.934. The number of ether oxygens (including phenoxy) is 3. The van der Waals surface area contributed by atoms with Crippen molar-refractivity contribution in [3.63, 3.8) is 0 Å². The zero-order valence-corrected chi connectivity index (χ0v) is 41.1. The number of carbonyl (C=O) groups excluding carboxylic acids is 1. The number of methoxy groups -OCH3 is 1. The second-order valence-corrected chi connectivity index (χ2v) is 21.9. The SMILES string of the molecule is COc1nc2[nH]cc(F)c2cc1Oc1cc(N2CCC3(CC2)CC(N2C[C@@H](CC#N)OC[C@H]2c2ccccc2C(C)C)C3)ccc1C(=O)NS(=O)(=O)c1cnc(NCC2CCC(C)(O)CC2)c([N+](=O)[O-])c1. The molecule has 0 bridgehead atoms. The summed E-state index contributed by atoms with van der Waals surface area (Å²) < 4.78 is 62.6. The van der Waals surface area contributed by atoms with E-state index in [-0.39, 0.29) is 63.3 Å². The van der Waals surface area contributed by atoms with Crippen molar-refractivity contribution in [1.82, 2.24) is 24.6 Å². The van der Waals surface area contributed by atoms with Crippen LogP contribution >= 0.6 is 0 Å². The molecule has 71 heavy (non-hydrogen) atoms. The molecule has 376 valence electrons. The van der Waals surface area contributed by atoms with Crippen LogP contribution in [0.2, 0.25) is 0 Å². The number of halogens is 1. The summed E-state index contributed by atoms with van der Waals surface area (Å²) >= 11 is 0. The lowest BCUT2D eigenvalue weighted by Crippen LogP contribution is -2.59. The number of hydrogen-bond donors (Lipinski definition) is 4. The molecular formula is C51H60FN9O9S. The van der Waals surface area contributed by atoms with Gasteiger partial charge in [-0.25, -0.2) is 22.5 Å². The fourth-order valence-corrected chi connectivity index (χ4v) is 11.9. The Labute approximate surface area is 412 Å². The van der Waals surface area contributed by atoms with Crippen LogP contribution in [0.3, 0.4) is 0 Å². The smallest absolute Gasteiger partial charge is 0.312 e. The average Bonchev–Trinajstić information content (AvgIpc) is 3.70. The zero-order valence-electron chi connectivity index (χ0n) is 40.3. The van der Waals surface area contributed by atoms with Crippen molar-refractivity contribution in [1.29, 1.82) is 5.26 Å². The van der Waals surface area contributed by atoms with E-state index in [1.807, 2.05) is 4.72 Å². The van der Waals surface area contributed by atoms with Crippen LogP contribution in [0.1, 0.15) is 112 Å². The maximum absolute atomic E-state index is 14.9. The summed E-state index contributed by atoms with van der Waals surface area (Å²) in [4.78, 5) is 40.9. The van der Waals surface area contributed by atoms with Gasteiger partial charge in [0.25, 0.3) is 21.8 Å². The molecule has 3 aromatic heterocycles. The third-order valence-electron chi connectivity index (χ3n) is 15.1. The van der Waals surface area contributed by atoms with Gasteiger partial charge < -0.3 is 34.5 Å². The van der Waals surface area contributed by atoms with E-state index in [0.717, 1.165) is 44.1 Å². The minimum absolute atomic E-state index is 0.0280. The third kappa shape index (κ3) is 10.5. The first-order valence-electron chi connectivity index (χ1n) is 24.2. The number of nitrogens with zero attached hydrogens (tertiary/aromatic N) is 6. The molecule has 9 rings (SSSR count). The predicted octanol–water partition coefficient (Wildman–Crippen LogP) is 8.51. The number of piperidine rings is 1. The van der Waals surface area contributed by atoms with E-state index in [4.69, 9.17) is 14.2 Å². The van der Waals surface area contributed by atoms with Crippen molar-refractivity contribution in [3.05, 3.63) is 99.6 Å². The number of fused-ring (bicyclic) bond motifs is 1. The minimum Gasteiger partial charge on any atom is -0.478 e. The highest BCUT2D eigenvalue weighted by Crippen LogP contribution is 2.54. The molecule has 0 unspecified atom stereocenters. The second kappa shape index (κ2) is 20.0. The van der Waals surface area contributed by atoms with Gasteiger partial charge in [0, 0.05) is 62.3 Å². The normalized spacial score (nSPS) is 22.7. The maximum Gasteiger partial charge on any atom is 0.312 e. The fraction of sp³-hybridized carbons (Fsp3) is 0.490. The number of benzene rings is 2. The van der Waals surface area contributed by atoms with Gasteiger partial charge in [0.2, 0.25) is 5.82 Å². The van der Waals surface area contributed by atoms with E-state index in [9.17, 15) is 38.1 Å². The molecule has 0 radical (unpaired) electrons. The van der Waals surface area contributed by atoms with E-state index < -0.39 is 42.9 Å². The molecule has 4 aliphatic rings. The zero-order chi connectivity index (χ0) is 50.2. The number of anilines is 2. The molecule has 5 heterocycles. The first kappa shape index (κ1) is 49.6. The molecule has 20 heteroatoms. The van der Waals surface area contributed by atoms with Crippen molar-refractivity contribution in [2.24, 2.45) is 11.3 Å². The fourth-order valence-electron chi connectivity index (χ4n) is 10.9. The summed E-state index contributed by atoms with van der Waals surface area (Å²) in [5.74, 6) is -1.49. The number of hydrogen-bond acceptors (Lipinski definition) is 15. The van der Waals surface area contributed by atoms with E-state index in [1.54, 1.807) is 19.1 Å². The summed E-state index contributed by atoms with van der Waals surface area (Å²) in [6.07, 6.45) is 8.69. The molecule has 1 spiro atoms. The number of H-pyrrole nitrogens is 1. The third-order valence-corrected chi connectivity index (χ3v) is 16.4. The number of nitriles is 1. The van der Waals surface area contributed by atoms with Crippen LogP contribution in [0, 0.1) is 38.6 Å². The number of amides is 1. The van der Waals surface area contributed by atoms with Crippen molar-refractivity contribution < 1.29 is 41.8 Å². The molecule has 18 nitrogen and oxygen atoms in total. The maximum atomic E-state index is 14.9. The highest BCUT2D eigenvalue weighted by molar-refractivity contribution is 7.90. The van der Waals surface area contributed by atoms with Crippen molar-refractivity contribution in [2.75, 3.05) is 50.1 Å². The van der Waals surface area contributed by atoms with Gasteiger partial charge in [-0.3, -0.25) is 19.8 Å². The lowest BCUT2D eigenvalue weighted by atomic mass is 9.59. The second-order valence-electron chi connectivity index (χ2n) is 20.2.